The minimum Gasteiger partial charge on any atom is -0.466 e. The van der Waals surface area contributed by atoms with Gasteiger partial charge in [0.05, 0.1) is 5.56 Å². The molecule has 0 radical (unpaired) electrons. The molecule has 7 heteroatoms. The van der Waals surface area contributed by atoms with E-state index in [0.717, 1.165) is 18.8 Å². The average molecular weight is 356 g/mol. The fraction of sp³-hybridized carbons (Fsp3) is 0.647. The Hall–Kier alpha value is -1.53. The van der Waals surface area contributed by atoms with Crippen LogP contribution in [-0.4, -0.2) is 60.9 Å². The number of piperazine rings is 1. The van der Waals surface area contributed by atoms with Crippen molar-refractivity contribution >= 4 is 24.2 Å². The van der Waals surface area contributed by atoms with E-state index in [2.05, 4.69) is 5.32 Å². The molecular weight excluding hydrogens is 330 g/mol. The minimum absolute atomic E-state index is 0. The van der Waals surface area contributed by atoms with Crippen molar-refractivity contribution in [3.63, 3.8) is 0 Å². The van der Waals surface area contributed by atoms with Gasteiger partial charge in [-0.1, -0.05) is 6.92 Å². The molecule has 0 aliphatic carbocycles. The first-order valence-electron chi connectivity index (χ1n) is 8.33. The molecule has 3 rings (SSSR count). The second-order valence-corrected chi connectivity index (χ2v) is 6.65. The van der Waals surface area contributed by atoms with Crippen molar-refractivity contribution in [2.24, 2.45) is 11.8 Å². The van der Waals surface area contributed by atoms with Gasteiger partial charge in [0.15, 0.2) is 0 Å². The summed E-state index contributed by atoms with van der Waals surface area (Å²) in [4.78, 5) is 28.8. The van der Waals surface area contributed by atoms with Crippen molar-refractivity contribution in [2.45, 2.75) is 20.8 Å². The Morgan fingerprint density at radius 2 is 1.75 bits per heavy atom. The Kier molecular flexibility index (Phi) is 5.93. The number of nitrogens with zero attached hydrogens (tertiary/aromatic N) is 2. The number of nitrogens with one attached hydrogen (secondary N) is 1. The van der Waals surface area contributed by atoms with E-state index in [4.69, 9.17) is 4.42 Å². The molecular formula is C17H26ClN3O3. The monoisotopic (exact) mass is 355 g/mol. The second kappa shape index (κ2) is 7.57. The van der Waals surface area contributed by atoms with Crippen LogP contribution in [0, 0.1) is 25.7 Å². The van der Waals surface area contributed by atoms with Gasteiger partial charge >= 0.3 is 0 Å². The molecule has 134 valence electrons. The summed E-state index contributed by atoms with van der Waals surface area (Å²) in [6.45, 7) is 9.95. The molecule has 1 unspecified atom stereocenters. The van der Waals surface area contributed by atoms with Gasteiger partial charge in [0.25, 0.3) is 5.91 Å². The summed E-state index contributed by atoms with van der Waals surface area (Å²) in [6.07, 6.45) is 0. The van der Waals surface area contributed by atoms with Crippen molar-refractivity contribution in [1.29, 1.82) is 0 Å². The summed E-state index contributed by atoms with van der Waals surface area (Å²) in [5.41, 5.74) is 0.635. The smallest absolute Gasteiger partial charge is 0.257 e. The zero-order valence-electron chi connectivity index (χ0n) is 14.5. The molecule has 2 amide bonds. The molecule has 0 spiro atoms. The van der Waals surface area contributed by atoms with Gasteiger partial charge in [0.2, 0.25) is 5.91 Å². The molecule has 0 bridgehead atoms. The predicted octanol–water partition coefficient (Wildman–Crippen LogP) is 1.46. The van der Waals surface area contributed by atoms with Crippen LogP contribution in [0.1, 0.15) is 28.8 Å². The SMILES string of the molecule is Cc1cc(C(=O)N2CCN(C(=O)C(C)C3CNC3)CC2)c(C)o1.Cl. The lowest BCUT2D eigenvalue weighted by Gasteiger charge is -2.39. The van der Waals surface area contributed by atoms with Crippen molar-refractivity contribution in [1.82, 2.24) is 15.1 Å². The average Bonchev–Trinajstić information content (AvgIpc) is 2.83. The number of rotatable bonds is 3. The molecule has 1 atom stereocenters. The maximum Gasteiger partial charge on any atom is 0.257 e. The molecule has 1 aromatic rings. The van der Waals surface area contributed by atoms with Gasteiger partial charge in [-0.25, -0.2) is 0 Å². The number of carbonyl (C=O) groups is 2. The van der Waals surface area contributed by atoms with E-state index in [9.17, 15) is 9.59 Å². The van der Waals surface area contributed by atoms with E-state index in [-0.39, 0.29) is 30.1 Å². The van der Waals surface area contributed by atoms with Crippen LogP contribution in [0.3, 0.4) is 0 Å². The summed E-state index contributed by atoms with van der Waals surface area (Å²) >= 11 is 0. The van der Waals surface area contributed by atoms with E-state index in [1.807, 2.05) is 30.6 Å². The number of aryl methyl sites for hydroxylation is 2. The van der Waals surface area contributed by atoms with E-state index >= 15 is 0 Å². The first kappa shape index (κ1) is 18.8. The molecule has 1 aromatic heterocycles. The highest BCUT2D eigenvalue weighted by Crippen LogP contribution is 2.21. The van der Waals surface area contributed by atoms with Crippen molar-refractivity contribution in [2.75, 3.05) is 39.3 Å². The number of hydrogen-bond donors (Lipinski definition) is 1. The third-order valence-corrected chi connectivity index (χ3v) is 5.06. The highest BCUT2D eigenvalue weighted by Gasteiger charge is 2.33. The summed E-state index contributed by atoms with van der Waals surface area (Å²) in [5.74, 6) is 2.16. The van der Waals surface area contributed by atoms with Crippen LogP contribution >= 0.6 is 12.4 Å². The van der Waals surface area contributed by atoms with Gasteiger partial charge in [-0.05, 0) is 38.9 Å². The Morgan fingerprint density at radius 1 is 1.17 bits per heavy atom. The molecule has 2 saturated heterocycles. The fourth-order valence-electron chi connectivity index (χ4n) is 3.30. The molecule has 1 N–H and O–H groups in total. The van der Waals surface area contributed by atoms with Crippen molar-refractivity contribution < 1.29 is 14.0 Å². The zero-order valence-corrected chi connectivity index (χ0v) is 15.3. The standard InChI is InChI=1S/C17H25N3O3.ClH/c1-11-8-15(13(3)23-11)17(22)20-6-4-19(5-7-20)16(21)12(2)14-9-18-10-14;/h8,12,14,18H,4-7,9-10H2,1-3H3;1H. The summed E-state index contributed by atoms with van der Waals surface area (Å²) in [5, 5.41) is 3.21. The van der Waals surface area contributed by atoms with E-state index in [1.165, 1.54) is 0 Å². The molecule has 2 fully saturated rings. The first-order chi connectivity index (χ1) is 11.0. The van der Waals surface area contributed by atoms with Gasteiger partial charge in [0.1, 0.15) is 11.5 Å². The van der Waals surface area contributed by atoms with E-state index in [0.29, 0.717) is 43.4 Å². The highest BCUT2D eigenvalue weighted by atomic mass is 35.5. The van der Waals surface area contributed by atoms with Crippen molar-refractivity contribution in [3.8, 4) is 0 Å². The summed E-state index contributed by atoms with van der Waals surface area (Å²) in [7, 11) is 0. The maximum absolute atomic E-state index is 12.6. The summed E-state index contributed by atoms with van der Waals surface area (Å²) in [6, 6.07) is 1.79. The molecule has 0 saturated carbocycles. The minimum atomic E-state index is 0. The number of hydrogen-bond acceptors (Lipinski definition) is 4. The topological polar surface area (TPSA) is 65.8 Å². The van der Waals surface area contributed by atoms with Crippen LogP contribution in [0.25, 0.3) is 0 Å². The predicted molar refractivity (Wildman–Crippen MR) is 93.4 cm³/mol. The lowest BCUT2D eigenvalue weighted by molar-refractivity contribution is -0.138. The molecule has 2 aliphatic heterocycles. The fourth-order valence-corrected chi connectivity index (χ4v) is 3.30. The molecule has 6 nitrogen and oxygen atoms in total. The Morgan fingerprint density at radius 3 is 2.21 bits per heavy atom. The third-order valence-electron chi connectivity index (χ3n) is 5.06. The lowest BCUT2D eigenvalue weighted by atomic mass is 9.88. The van der Waals surface area contributed by atoms with Crippen LogP contribution in [0.5, 0.6) is 0 Å². The van der Waals surface area contributed by atoms with Crippen LogP contribution in [0.4, 0.5) is 0 Å². The van der Waals surface area contributed by atoms with Gasteiger partial charge in [-0.2, -0.15) is 0 Å². The molecule has 24 heavy (non-hydrogen) atoms. The van der Waals surface area contributed by atoms with Crippen LogP contribution in [-0.2, 0) is 4.79 Å². The third kappa shape index (κ3) is 3.59. The van der Waals surface area contributed by atoms with Crippen molar-refractivity contribution in [3.05, 3.63) is 23.2 Å². The van der Waals surface area contributed by atoms with Crippen LogP contribution in [0.2, 0.25) is 0 Å². The van der Waals surface area contributed by atoms with Gasteiger partial charge in [-0.3, -0.25) is 9.59 Å². The van der Waals surface area contributed by atoms with Gasteiger partial charge in [-0.15, -0.1) is 12.4 Å². The van der Waals surface area contributed by atoms with E-state index < -0.39 is 0 Å². The number of carbonyl (C=O) groups excluding carboxylic acids is 2. The second-order valence-electron chi connectivity index (χ2n) is 6.65. The molecule has 3 heterocycles. The first-order valence-corrected chi connectivity index (χ1v) is 8.33. The largest absolute Gasteiger partial charge is 0.466 e. The Balaban J connectivity index is 0.00000208. The number of furan rings is 1. The van der Waals surface area contributed by atoms with Crippen LogP contribution < -0.4 is 5.32 Å². The Bertz CT molecular complexity index is 604. The normalized spacial score (nSPS) is 19.5. The van der Waals surface area contributed by atoms with Gasteiger partial charge < -0.3 is 19.5 Å². The Labute approximate surface area is 149 Å². The maximum atomic E-state index is 12.6. The van der Waals surface area contributed by atoms with Crippen LogP contribution in [0.15, 0.2) is 10.5 Å². The number of halogens is 1. The number of amides is 2. The molecule has 0 aromatic carbocycles. The van der Waals surface area contributed by atoms with E-state index in [1.54, 1.807) is 6.07 Å². The highest BCUT2D eigenvalue weighted by molar-refractivity contribution is 5.95. The molecule has 2 aliphatic rings. The summed E-state index contributed by atoms with van der Waals surface area (Å²) < 4.78 is 5.44. The quantitative estimate of drug-likeness (QED) is 0.891. The zero-order chi connectivity index (χ0) is 16.6. The lowest BCUT2D eigenvalue weighted by Crippen LogP contribution is -2.55. The van der Waals surface area contributed by atoms with Gasteiger partial charge in [0, 0.05) is 32.1 Å².